The maximum atomic E-state index is 10.8. The quantitative estimate of drug-likeness (QED) is 0.168. The molecule has 1 amide bonds. The highest BCUT2D eigenvalue weighted by Gasteiger charge is 2.25. The van der Waals surface area contributed by atoms with Gasteiger partial charge in [-0.2, -0.15) is 0 Å². The predicted octanol–water partition coefficient (Wildman–Crippen LogP) is 0.136. The average molecular weight is 187 g/mol. The number of ether oxygens (including phenoxy) is 1. The van der Waals surface area contributed by atoms with Gasteiger partial charge < -0.3 is 9.84 Å². The molecule has 0 aliphatic heterocycles. The number of carbonyl (C=O) groups is 2. The Hall–Kier alpha value is -1.43. The van der Waals surface area contributed by atoms with Crippen molar-refractivity contribution in [3.05, 3.63) is 10.4 Å². The van der Waals surface area contributed by atoms with Crippen LogP contribution < -0.4 is 0 Å². The summed E-state index contributed by atoms with van der Waals surface area (Å²) in [5, 5.41) is 11.7. The molecular formula is C6H9N3O4. The third-order valence-corrected chi connectivity index (χ3v) is 0.926. The van der Waals surface area contributed by atoms with Crippen LogP contribution in [0.5, 0.6) is 0 Å². The van der Waals surface area contributed by atoms with Crippen LogP contribution in [-0.4, -0.2) is 29.2 Å². The van der Waals surface area contributed by atoms with Gasteiger partial charge in [-0.3, -0.25) is 9.59 Å². The summed E-state index contributed by atoms with van der Waals surface area (Å²) < 4.78 is 4.57. The summed E-state index contributed by atoms with van der Waals surface area (Å²) >= 11 is 0. The third-order valence-electron chi connectivity index (χ3n) is 0.926. The van der Waals surface area contributed by atoms with E-state index in [1.165, 1.54) is 13.8 Å². The highest BCUT2D eigenvalue weighted by molar-refractivity contribution is 5.95. The van der Waals surface area contributed by atoms with Gasteiger partial charge in [-0.15, -0.1) is 0 Å². The first-order valence-corrected chi connectivity index (χ1v) is 3.35. The number of azide groups is 1. The first-order chi connectivity index (χ1) is 5.90. The lowest BCUT2D eigenvalue weighted by Gasteiger charge is -2.20. The SMILES string of the molecule is CC(C)(O)OC(C=O)C(=O)N=[N+]=[N-]. The van der Waals surface area contributed by atoms with Crippen molar-refractivity contribution in [1.29, 1.82) is 0 Å². The summed E-state index contributed by atoms with van der Waals surface area (Å²) in [7, 11) is 0. The van der Waals surface area contributed by atoms with Gasteiger partial charge in [-0.1, -0.05) is 0 Å². The van der Waals surface area contributed by atoms with Crippen molar-refractivity contribution in [2.45, 2.75) is 25.7 Å². The molecule has 7 heteroatoms. The van der Waals surface area contributed by atoms with E-state index in [4.69, 9.17) is 10.6 Å². The molecule has 0 saturated heterocycles. The maximum absolute atomic E-state index is 10.8. The molecule has 0 aromatic rings. The Morgan fingerprint density at radius 2 is 2.31 bits per heavy atom. The molecule has 7 nitrogen and oxygen atoms in total. The number of aliphatic hydroxyl groups is 1. The summed E-state index contributed by atoms with van der Waals surface area (Å²) in [5.74, 6) is -2.72. The first-order valence-electron chi connectivity index (χ1n) is 3.35. The van der Waals surface area contributed by atoms with Crippen LogP contribution in [0.2, 0.25) is 0 Å². The minimum absolute atomic E-state index is 0.148. The Bertz CT molecular complexity index is 251. The van der Waals surface area contributed by atoms with Gasteiger partial charge in [0, 0.05) is 4.91 Å². The van der Waals surface area contributed by atoms with Crippen LogP contribution in [-0.2, 0) is 14.3 Å². The van der Waals surface area contributed by atoms with Gasteiger partial charge >= 0.3 is 0 Å². The number of nitrogens with zero attached hydrogens (tertiary/aromatic N) is 3. The molecular weight excluding hydrogens is 178 g/mol. The Morgan fingerprint density at radius 1 is 1.77 bits per heavy atom. The van der Waals surface area contributed by atoms with Crippen molar-refractivity contribution in [3.63, 3.8) is 0 Å². The van der Waals surface area contributed by atoms with Crippen LogP contribution in [0.1, 0.15) is 13.8 Å². The highest BCUT2D eigenvalue weighted by atomic mass is 16.6. The van der Waals surface area contributed by atoms with Crippen LogP contribution in [0.4, 0.5) is 0 Å². The molecule has 0 heterocycles. The van der Waals surface area contributed by atoms with Crippen molar-refractivity contribution in [1.82, 2.24) is 0 Å². The fourth-order valence-corrected chi connectivity index (χ4v) is 0.548. The first kappa shape index (κ1) is 11.6. The lowest BCUT2D eigenvalue weighted by molar-refractivity contribution is -0.202. The summed E-state index contributed by atoms with van der Waals surface area (Å²) in [6.07, 6.45) is -1.41. The zero-order chi connectivity index (χ0) is 10.5. The maximum Gasteiger partial charge on any atom is 0.254 e. The van der Waals surface area contributed by atoms with Crippen molar-refractivity contribution < 1.29 is 19.4 Å². The summed E-state index contributed by atoms with van der Waals surface area (Å²) in [5.41, 5.74) is 7.88. The minimum atomic E-state index is -1.63. The number of hydrogen-bond donors (Lipinski definition) is 1. The minimum Gasteiger partial charge on any atom is -0.366 e. The van der Waals surface area contributed by atoms with Gasteiger partial charge in [-0.05, 0) is 24.5 Å². The van der Waals surface area contributed by atoms with Crippen LogP contribution in [0.25, 0.3) is 10.4 Å². The molecule has 0 radical (unpaired) electrons. The van der Waals surface area contributed by atoms with E-state index >= 15 is 0 Å². The molecule has 72 valence electrons. The zero-order valence-corrected chi connectivity index (χ0v) is 7.17. The second-order valence-corrected chi connectivity index (χ2v) is 2.65. The largest absolute Gasteiger partial charge is 0.366 e. The molecule has 0 fully saturated rings. The van der Waals surface area contributed by atoms with Crippen molar-refractivity contribution >= 4 is 12.2 Å². The standard InChI is InChI=1S/C6H9N3O4/c1-6(2,12)13-4(3-10)5(11)8-9-7/h3-4,12H,1-2H3. The molecule has 0 spiro atoms. The van der Waals surface area contributed by atoms with E-state index < -0.39 is 17.8 Å². The average Bonchev–Trinajstić information content (AvgIpc) is 1.99. The Balaban J connectivity index is 4.44. The highest BCUT2D eigenvalue weighted by Crippen LogP contribution is 2.07. The molecule has 0 aromatic carbocycles. The number of hydrogen-bond acceptors (Lipinski definition) is 4. The normalized spacial score (nSPS) is 12.8. The second-order valence-electron chi connectivity index (χ2n) is 2.65. The fraction of sp³-hybridized carbons (Fsp3) is 0.667. The molecule has 0 saturated carbocycles. The molecule has 0 aliphatic carbocycles. The molecule has 0 aliphatic rings. The second kappa shape index (κ2) is 4.56. The summed E-state index contributed by atoms with van der Waals surface area (Å²) in [6, 6.07) is 0. The number of carbonyl (C=O) groups excluding carboxylic acids is 2. The van der Waals surface area contributed by atoms with E-state index in [1.807, 2.05) is 0 Å². The number of aldehydes is 1. The lowest BCUT2D eigenvalue weighted by Crippen LogP contribution is -2.35. The lowest BCUT2D eigenvalue weighted by atomic mass is 10.3. The molecule has 0 aromatic heterocycles. The van der Waals surface area contributed by atoms with Crippen molar-refractivity contribution in [3.8, 4) is 0 Å². The fourth-order valence-electron chi connectivity index (χ4n) is 0.548. The Morgan fingerprint density at radius 3 is 2.62 bits per heavy atom. The molecule has 0 rings (SSSR count). The van der Waals surface area contributed by atoms with Crippen LogP contribution in [0.3, 0.4) is 0 Å². The number of amides is 1. The van der Waals surface area contributed by atoms with E-state index in [2.05, 4.69) is 14.8 Å². The smallest absolute Gasteiger partial charge is 0.254 e. The van der Waals surface area contributed by atoms with E-state index in [-0.39, 0.29) is 6.29 Å². The zero-order valence-electron chi connectivity index (χ0n) is 7.17. The summed E-state index contributed by atoms with van der Waals surface area (Å²) in [4.78, 5) is 23.2. The van der Waals surface area contributed by atoms with E-state index in [1.54, 1.807) is 0 Å². The molecule has 13 heavy (non-hydrogen) atoms. The van der Waals surface area contributed by atoms with Crippen LogP contribution >= 0.6 is 0 Å². The van der Waals surface area contributed by atoms with Crippen molar-refractivity contribution in [2.75, 3.05) is 0 Å². The van der Waals surface area contributed by atoms with Crippen LogP contribution in [0, 0.1) is 0 Å². The monoisotopic (exact) mass is 187 g/mol. The number of rotatable bonds is 4. The molecule has 1 unspecified atom stereocenters. The molecule has 1 N–H and O–H groups in total. The van der Waals surface area contributed by atoms with Gasteiger partial charge in [0.15, 0.2) is 18.2 Å². The molecule has 1 atom stereocenters. The van der Waals surface area contributed by atoms with Gasteiger partial charge in [0.25, 0.3) is 5.91 Å². The Labute approximate surface area is 73.9 Å². The van der Waals surface area contributed by atoms with Gasteiger partial charge in [0.05, 0.1) is 0 Å². The topological polar surface area (TPSA) is 112 Å². The van der Waals surface area contributed by atoms with Gasteiger partial charge in [0.1, 0.15) is 0 Å². The van der Waals surface area contributed by atoms with E-state index in [0.29, 0.717) is 0 Å². The molecule has 0 bridgehead atoms. The summed E-state index contributed by atoms with van der Waals surface area (Å²) in [6.45, 7) is 2.49. The Kier molecular flexibility index (Phi) is 4.06. The van der Waals surface area contributed by atoms with E-state index in [0.717, 1.165) is 0 Å². The third kappa shape index (κ3) is 4.91. The van der Waals surface area contributed by atoms with E-state index in [9.17, 15) is 9.59 Å². The van der Waals surface area contributed by atoms with Gasteiger partial charge in [0.2, 0.25) is 0 Å². The van der Waals surface area contributed by atoms with Gasteiger partial charge in [-0.25, -0.2) is 0 Å². The van der Waals surface area contributed by atoms with Crippen molar-refractivity contribution in [2.24, 2.45) is 5.11 Å². The predicted molar refractivity (Wildman–Crippen MR) is 41.4 cm³/mol. The van der Waals surface area contributed by atoms with Crippen LogP contribution in [0.15, 0.2) is 5.11 Å².